The smallest absolute Gasteiger partial charge is 0.214 e. The molecule has 0 unspecified atom stereocenters. The van der Waals surface area contributed by atoms with E-state index in [0.29, 0.717) is 22.0 Å². The number of benzene rings is 1. The van der Waals surface area contributed by atoms with Crippen molar-refractivity contribution in [2.75, 3.05) is 5.01 Å². The SMILES string of the molecule is N/N=C\N(N)c1ccc(Cl)cc1-c1cc(O)ncn1. The van der Waals surface area contributed by atoms with Gasteiger partial charge in [-0.2, -0.15) is 5.10 Å². The highest BCUT2D eigenvalue weighted by Crippen LogP contribution is 2.31. The van der Waals surface area contributed by atoms with E-state index >= 15 is 0 Å². The monoisotopic (exact) mass is 278 g/mol. The molecule has 0 bridgehead atoms. The van der Waals surface area contributed by atoms with Crippen molar-refractivity contribution in [2.24, 2.45) is 16.8 Å². The molecule has 0 amide bonds. The van der Waals surface area contributed by atoms with Gasteiger partial charge in [0.2, 0.25) is 5.88 Å². The molecular formula is C11H11ClN6O. The van der Waals surface area contributed by atoms with E-state index in [0.717, 1.165) is 0 Å². The fourth-order valence-corrected chi connectivity index (χ4v) is 1.74. The van der Waals surface area contributed by atoms with Crippen LogP contribution in [0.25, 0.3) is 11.3 Å². The van der Waals surface area contributed by atoms with Gasteiger partial charge in [0.15, 0.2) is 0 Å². The molecule has 2 aromatic rings. The molecular weight excluding hydrogens is 268 g/mol. The molecule has 0 atom stereocenters. The van der Waals surface area contributed by atoms with Crippen LogP contribution in [-0.2, 0) is 0 Å². The third kappa shape index (κ3) is 2.90. The predicted molar refractivity (Wildman–Crippen MR) is 73.5 cm³/mol. The third-order valence-electron chi connectivity index (χ3n) is 2.36. The molecule has 5 N–H and O–H groups in total. The lowest BCUT2D eigenvalue weighted by Crippen LogP contribution is -2.30. The molecule has 7 nitrogen and oxygen atoms in total. The second-order valence-corrected chi connectivity index (χ2v) is 4.03. The van der Waals surface area contributed by atoms with Crippen LogP contribution in [-0.4, -0.2) is 21.4 Å². The lowest BCUT2D eigenvalue weighted by molar-refractivity contribution is 0.452. The summed E-state index contributed by atoms with van der Waals surface area (Å²) in [5.41, 5.74) is 1.68. The maximum atomic E-state index is 9.40. The second-order valence-electron chi connectivity index (χ2n) is 3.59. The average molecular weight is 279 g/mol. The average Bonchev–Trinajstić information content (AvgIpc) is 2.39. The maximum Gasteiger partial charge on any atom is 0.214 e. The first-order valence-electron chi connectivity index (χ1n) is 5.20. The molecule has 1 heterocycles. The number of anilines is 1. The van der Waals surface area contributed by atoms with Crippen molar-refractivity contribution in [2.45, 2.75) is 0 Å². The highest BCUT2D eigenvalue weighted by atomic mass is 35.5. The molecule has 0 saturated carbocycles. The fraction of sp³-hybridized carbons (Fsp3) is 0. The van der Waals surface area contributed by atoms with E-state index < -0.39 is 0 Å². The molecule has 0 aliphatic rings. The van der Waals surface area contributed by atoms with E-state index in [-0.39, 0.29) is 5.88 Å². The van der Waals surface area contributed by atoms with Crippen LogP contribution in [0.15, 0.2) is 35.7 Å². The Kier molecular flexibility index (Phi) is 3.79. The number of hydrogen-bond donors (Lipinski definition) is 3. The van der Waals surface area contributed by atoms with E-state index in [1.165, 1.54) is 23.7 Å². The summed E-state index contributed by atoms with van der Waals surface area (Å²) < 4.78 is 0. The lowest BCUT2D eigenvalue weighted by atomic mass is 10.1. The number of hydrazone groups is 1. The minimum Gasteiger partial charge on any atom is -0.493 e. The predicted octanol–water partition coefficient (Wildman–Crippen LogP) is 1.08. The van der Waals surface area contributed by atoms with Crippen LogP contribution in [0.3, 0.4) is 0 Å². The summed E-state index contributed by atoms with van der Waals surface area (Å²) in [6, 6.07) is 6.44. The summed E-state index contributed by atoms with van der Waals surface area (Å²) in [5.74, 6) is 10.7. The summed E-state index contributed by atoms with van der Waals surface area (Å²) in [5, 5.41) is 14.5. The zero-order valence-electron chi connectivity index (χ0n) is 9.73. The zero-order chi connectivity index (χ0) is 13.8. The summed E-state index contributed by atoms with van der Waals surface area (Å²) in [6.45, 7) is 0. The first-order valence-corrected chi connectivity index (χ1v) is 5.58. The number of rotatable bonds is 3. The van der Waals surface area contributed by atoms with Crippen molar-refractivity contribution in [1.82, 2.24) is 9.97 Å². The number of nitrogens with zero attached hydrogens (tertiary/aromatic N) is 4. The van der Waals surface area contributed by atoms with Gasteiger partial charge in [-0.05, 0) is 18.2 Å². The highest BCUT2D eigenvalue weighted by Gasteiger charge is 2.11. The van der Waals surface area contributed by atoms with Crippen molar-refractivity contribution >= 4 is 23.6 Å². The molecule has 0 aliphatic carbocycles. The number of hydrogen-bond acceptors (Lipinski definition) is 6. The van der Waals surface area contributed by atoms with E-state index in [1.807, 2.05) is 0 Å². The summed E-state index contributed by atoms with van der Waals surface area (Å²) in [4.78, 5) is 7.69. The van der Waals surface area contributed by atoms with Crippen LogP contribution >= 0.6 is 11.6 Å². The van der Waals surface area contributed by atoms with Gasteiger partial charge in [0, 0.05) is 16.7 Å². The second kappa shape index (κ2) is 5.51. The van der Waals surface area contributed by atoms with Crippen molar-refractivity contribution < 1.29 is 5.11 Å². The number of halogens is 1. The van der Waals surface area contributed by atoms with Gasteiger partial charge in [0.25, 0.3) is 0 Å². The first kappa shape index (κ1) is 13.1. The van der Waals surface area contributed by atoms with Crippen LogP contribution in [0.2, 0.25) is 5.02 Å². The molecule has 98 valence electrons. The maximum absolute atomic E-state index is 9.40. The standard InChI is InChI=1S/C11H11ClN6O/c12-7-1-2-10(18(14)6-17-13)8(3-7)9-4-11(19)16-5-15-9/h1-6H,13-14H2,(H,15,16,19)/b17-6-. The largest absolute Gasteiger partial charge is 0.493 e. The Bertz CT molecular complexity index is 618. The van der Waals surface area contributed by atoms with Crippen LogP contribution in [0.1, 0.15) is 0 Å². The Morgan fingerprint density at radius 2 is 2.11 bits per heavy atom. The van der Waals surface area contributed by atoms with E-state index in [4.69, 9.17) is 23.3 Å². The summed E-state index contributed by atoms with van der Waals surface area (Å²) in [7, 11) is 0. The highest BCUT2D eigenvalue weighted by molar-refractivity contribution is 6.31. The topological polar surface area (TPSA) is 114 Å². The molecule has 1 aromatic carbocycles. The molecule has 0 radical (unpaired) electrons. The van der Waals surface area contributed by atoms with Gasteiger partial charge in [-0.25, -0.2) is 15.8 Å². The summed E-state index contributed by atoms with van der Waals surface area (Å²) >= 11 is 5.96. The minimum atomic E-state index is -0.146. The lowest BCUT2D eigenvalue weighted by Gasteiger charge is -2.16. The number of aromatic hydroxyl groups is 1. The third-order valence-corrected chi connectivity index (χ3v) is 2.59. The molecule has 2 rings (SSSR count). The zero-order valence-corrected chi connectivity index (χ0v) is 10.5. The molecule has 0 saturated heterocycles. The van der Waals surface area contributed by atoms with E-state index in [9.17, 15) is 5.11 Å². The van der Waals surface area contributed by atoms with E-state index in [1.54, 1.807) is 18.2 Å². The molecule has 0 aliphatic heterocycles. The number of hydrazine groups is 1. The Balaban J connectivity index is 2.57. The normalized spacial score (nSPS) is 10.8. The van der Waals surface area contributed by atoms with Gasteiger partial charge in [-0.15, -0.1) is 0 Å². The van der Waals surface area contributed by atoms with Crippen molar-refractivity contribution in [3.8, 4) is 17.1 Å². The quantitative estimate of drug-likeness (QED) is 0.335. The van der Waals surface area contributed by atoms with Gasteiger partial charge >= 0.3 is 0 Å². The van der Waals surface area contributed by atoms with Crippen molar-refractivity contribution in [3.63, 3.8) is 0 Å². The molecule has 19 heavy (non-hydrogen) atoms. The van der Waals surface area contributed by atoms with E-state index in [2.05, 4.69) is 15.1 Å². The Hall–Kier alpha value is -2.38. The summed E-state index contributed by atoms with van der Waals surface area (Å²) in [6.07, 6.45) is 2.49. The van der Waals surface area contributed by atoms with Crippen molar-refractivity contribution in [1.29, 1.82) is 0 Å². The fourth-order valence-electron chi connectivity index (χ4n) is 1.57. The van der Waals surface area contributed by atoms with Crippen LogP contribution in [0.4, 0.5) is 5.69 Å². The first-order chi connectivity index (χ1) is 9.11. The Labute approximate surface area is 114 Å². The van der Waals surface area contributed by atoms with Gasteiger partial charge in [-0.1, -0.05) is 11.6 Å². The number of aromatic nitrogens is 2. The minimum absolute atomic E-state index is 0.146. The Morgan fingerprint density at radius 1 is 1.32 bits per heavy atom. The van der Waals surface area contributed by atoms with Gasteiger partial charge in [0.05, 0.1) is 11.4 Å². The van der Waals surface area contributed by atoms with Crippen molar-refractivity contribution in [3.05, 3.63) is 35.6 Å². The van der Waals surface area contributed by atoms with Crippen LogP contribution in [0.5, 0.6) is 5.88 Å². The van der Waals surface area contributed by atoms with Crippen LogP contribution in [0, 0.1) is 0 Å². The van der Waals surface area contributed by atoms with Gasteiger partial charge in [0.1, 0.15) is 12.7 Å². The molecule has 0 spiro atoms. The number of nitrogens with two attached hydrogens (primary N) is 2. The van der Waals surface area contributed by atoms with Crippen LogP contribution < -0.4 is 16.7 Å². The Morgan fingerprint density at radius 3 is 2.79 bits per heavy atom. The molecule has 1 aromatic heterocycles. The molecule has 8 heteroatoms. The molecule has 0 fully saturated rings. The van der Waals surface area contributed by atoms with Gasteiger partial charge in [-0.3, -0.25) is 5.01 Å². The van der Waals surface area contributed by atoms with Gasteiger partial charge < -0.3 is 10.9 Å².